The van der Waals surface area contributed by atoms with Gasteiger partial charge in [0.15, 0.2) is 11.6 Å². The molecule has 0 amide bonds. The number of carbonyl (C=O) groups is 2. The normalized spacial score (nSPS) is 15.9. The van der Waals surface area contributed by atoms with E-state index in [1.165, 1.54) is 0 Å². The van der Waals surface area contributed by atoms with Gasteiger partial charge in [0.05, 0.1) is 12.2 Å². The Morgan fingerprint density at radius 3 is 2.55 bits per heavy atom. The fourth-order valence-corrected chi connectivity index (χ4v) is 3.73. The molecule has 0 N–H and O–H groups in total. The number of benzene rings is 1. The van der Waals surface area contributed by atoms with Crippen molar-refractivity contribution >= 4 is 17.3 Å². The number of hydrogen-bond acceptors (Lipinski definition) is 5. The molecule has 0 spiro atoms. The number of aromatic nitrogens is 2. The molecule has 3 aromatic rings. The van der Waals surface area contributed by atoms with Crippen LogP contribution in [0.5, 0.6) is 0 Å². The lowest BCUT2D eigenvalue weighted by molar-refractivity contribution is 0.0801. The van der Waals surface area contributed by atoms with Crippen molar-refractivity contribution in [2.45, 2.75) is 27.3 Å². The third kappa shape index (κ3) is 3.68. The highest BCUT2D eigenvalue weighted by molar-refractivity contribution is 6.18. The zero-order valence-corrected chi connectivity index (χ0v) is 16.8. The molecule has 29 heavy (non-hydrogen) atoms. The summed E-state index contributed by atoms with van der Waals surface area (Å²) in [6.07, 6.45) is 0. The van der Waals surface area contributed by atoms with Crippen LogP contribution in [-0.4, -0.2) is 28.1 Å². The van der Waals surface area contributed by atoms with Gasteiger partial charge in [0.1, 0.15) is 11.6 Å². The summed E-state index contributed by atoms with van der Waals surface area (Å²) in [6, 6.07) is 17.0. The number of pyridine rings is 2. The minimum Gasteiger partial charge on any atom is -0.364 e. The first kappa shape index (κ1) is 19.0. The Morgan fingerprint density at radius 1 is 1.00 bits per heavy atom. The fourth-order valence-electron chi connectivity index (χ4n) is 3.73. The largest absolute Gasteiger partial charge is 0.364 e. The molecular weight excluding hydrogens is 362 g/mol. The lowest BCUT2D eigenvalue weighted by Gasteiger charge is -2.34. The maximum Gasteiger partial charge on any atom is 0.193 e. The zero-order valence-electron chi connectivity index (χ0n) is 16.8. The third-order valence-electron chi connectivity index (χ3n) is 5.45. The first-order valence-corrected chi connectivity index (χ1v) is 9.73. The molecular formula is C24H23N3O2. The SMILES string of the molecule is Cc1cccc(CN2CC(C(=O)c3ccc(C)c(C)n3)C(=O)c3ccccc32)n1. The van der Waals surface area contributed by atoms with Crippen molar-refractivity contribution in [1.29, 1.82) is 0 Å². The van der Waals surface area contributed by atoms with Crippen molar-refractivity contribution in [3.8, 4) is 0 Å². The van der Waals surface area contributed by atoms with Gasteiger partial charge in [-0.25, -0.2) is 4.98 Å². The van der Waals surface area contributed by atoms with Gasteiger partial charge in [-0.15, -0.1) is 0 Å². The van der Waals surface area contributed by atoms with Crippen molar-refractivity contribution in [3.63, 3.8) is 0 Å². The predicted molar refractivity (Wildman–Crippen MR) is 112 cm³/mol. The molecule has 0 radical (unpaired) electrons. The van der Waals surface area contributed by atoms with E-state index >= 15 is 0 Å². The van der Waals surface area contributed by atoms with E-state index in [2.05, 4.69) is 14.9 Å². The molecule has 0 aliphatic carbocycles. The number of ketones is 2. The van der Waals surface area contributed by atoms with Crippen LogP contribution in [-0.2, 0) is 6.54 Å². The summed E-state index contributed by atoms with van der Waals surface area (Å²) in [7, 11) is 0. The maximum absolute atomic E-state index is 13.2. The van der Waals surface area contributed by atoms with Gasteiger partial charge >= 0.3 is 0 Å². The topological polar surface area (TPSA) is 63.2 Å². The van der Waals surface area contributed by atoms with Gasteiger partial charge in [-0.05, 0) is 56.7 Å². The minimum absolute atomic E-state index is 0.140. The van der Waals surface area contributed by atoms with Crippen LogP contribution >= 0.6 is 0 Å². The molecule has 1 aromatic carbocycles. The molecule has 0 saturated carbocycles. The average molecular weight is 385 g/mol. The van der Waals surface area contributed by atoms with Gasteiger partial charge in [0.25, 0.3) is 0 Å². The predicted octanol–water partition coefficient (Wildman–Crippen LogP) is 4.10. The molecule has 1 aliphatic rings. The van der Waals surface area contributed by atoms with Gasteiger partial charge in [0.2, 0.25) is 0 Å². The van der Waals surface area contributed by atoms with E-state index < -0.39 is 5.92 Å². The summed E-state index contributed by atoms with van der Waals surface area (Å²) in [5.74, 6) is -1.14. The molecule has 0 saturated heterocycles. The van der Waals surface area contributed by atoms with Crippen LogP contribution in [0.3, 0.4) is 0 Å². The first-order chi connectivity index (χ1) is 13.9. The molecule has 1 aliphatic heterocycles. The standard InChI is InChI=1S/C24H23N3O2/c1-15-11-12-21(26-17(15)3)24(29)20-14-27(13-18-8-6-7-16(2)25-18)22-10-5-4-9-19(22)23(20)28/h4-12,20H,13-14H2,1-3H3. The lowest BCUT2D eigenvalue weighted by Crippen LogP contribution is -2.43. The van der Waals surface area contributed by atoms with Gasteiger partial charge in [-0.2, -0.15) is 0 Å². The first-order valence-electron chi connectivity index (χ1n) is 9.73. The van der Waals surface area contributed by atoms with Crippen molar-refractivity contribution < 1.29 is 9.59 Å². The van der Waals surface area contributed by atoms with Crippen molar-refractivity contribution in [1.82, 2.24) is 9.97 Å². The second-order valence-electron chi connectivity index (χ2n) is 7.55. The van der Waals surface area contributed by atoms with Gasteiger partial charge in [-0.1, -0.05) is 24.3 Å². The van der Waals surface area contributed by atoms with E-state index in [9.17, 15) is 9.59 Å². The number of aryl methyl sites for hydroxylation is 3. The number of nitrogens with zero attached hydrogens (tertiary/aromatic N) is 3. The Bertz CT molecular complexity index is 1110. The van der Waals surface area contributed by atoms with Crippen molar-refractivity contribution in [2.75, 3.05) is 11.4 Å². The molecule has 5 heteroatoms. The summed E-state index contributed by atoms with van der Waals surface area (Å²) < 4.78 is 0. The monoisotopic (exact) mass is 385 g/mol. The average Bonchev–Trinajstić information content (AvgIpc) is 2.72. The number of Topliss-reactive ketones (excluding diaryl/α,β-unsaturated/α-hetero) is 2. The van der Waals surface area contributed by atoms with Crippen LogP contribution in [0.1, 0.15) is 43.5 Å². The lowest BCUT2D eigenvalue weighted by atomic mass is 9.86. The smallest absolute Gasteiger partial charge is 0.193 e. The second-order valence-corrected chi connectivity index (χ2v) is 7.55. The Morgan fingerprint density at radius 2 is 1.79 bits per heavy atom. The Labute approximate surface area is 170 Å². The van der Waals surface area contributed by atoms with E-state index in [0.29, 0.717) is 24.3 Å². The number of hydrogen-bond donors (Lipinski definition) is 0. The van der Waals surface area contributed by atoms with Gasteiger partial charge in [0, 0.05) is 29.2 Å². The van der Waals surface area contributed by atoms with E-state index in [-0.39, 0.29) is 11.6 Å². The summed E-state index contributed by atoms with van der Waals surface area (Å²) in [4.78, 5) is 37.4. The number of anilines is 1. The number of carbonyl (C=O) groups excluding carboxylic acids is 2. The van der Waals surface area contributed by atoms with E-state index in [0.717, 1.165) is 28.3 Å². The summed E-state index contributed by atoms with van der Waals surface area (Å²) in [6.45, 7) is 6.64. The summed E-state index contributed by atoms with van der Waals surface area (Å²) >= 11 is 0. The second kappa shape index (κ2) is 7.59. The summed E-state index contributed by atoms with van der Waals surface area (Å²) in [5, 5.41) is 0. The van der Waals surface area contributed by atoms with Crippen LogP contribution in [0.2, 0.25) is 0 Å². The van der Waals surface area contributed by atoms with E-state index in [1.54, 1.807) is 12.1 Å². The van der Waals surface area contributed by atoms with Crippen LogP contribution < -0.4 is 4.90 Å². The number of para-hydroxylation sites is 1. The molecule has 0 fully saturated rings. The molecule has 5 nitrogen and oxygen atoms in total. The Kier molecular flexibility index (Phi) is 4.97. The fraction of sp³-hybridized carbons (Fsp3) is 0.250. The Hall–Kier alpha value is -3.34. The van der Waals surface area contributed by atoms with Crippen LogP contribution in [0.25, 0.3) is 0 Å². The van der Waals surface area contributed by atoms with Gasteiger partial charge in [-0.3, -0.25) is 14.6 Å². The van der Waals surface area contributed by atoms with Crippen molar-refractivity contribution in [3.05, 3.63) is 88.5 Å². The van der Waals surface area contributed by atoms with Crippen LogP contribution in [0, 0.1) is 26.7 Å². The zero-order chi connectivity index (χ0) is 20.5. The summed E-state index contributed by atoms with van der Waals surface area (Å²) in [5.41, 5.74) is 5.45. The quantitative estimate of drug-likeness (QED) is 0.500. The third-order valence-corrected chi connectivity index (χ3v) is 5.45. The van der Waals surface area contributed by atoms with E-state index in [4.69, 9.17) is 0 Å². The molecule has 1 atom stereocenters. The number of rotatable bonds is 4. The molecule has 3 heterocycles. The van der Waals surface area contributed by atoms with Crippen LogP contribution in [0.4, 0.5) is 5.69 Å². The highest BCUT2D eigenvalue weighted by Gasteiger charge is 2.37. The van der Waals surface area contributed by atoms with Crippen LogP contribution in [0.15, 0.2) is 54.6 Å². The van der Waals surface area contributed by atoms with Gasteiger partial charge < -0.3 is 4.90 Å². The maximum atomic E-state index is 13.2. The number of fused-ring (bicyclic) bond motifs is 1. The van der Waals surface area contributed by atoms with Crippen molar-refractivity contribution in [2.24, 2.45) is 5.92 Å². The Balaban J connectivity index is 1.70. The molecule has 1 unspecified atom stereocenters. The highest BCUT2D eigenvalue weighted by atomic mass is 16.2. The molecule has 2 aromatic heterocycles. The minimum atomic E-state index is -0.774. The van der Waals surface area contributed by atoms with E-state index in [1.807, 2.05) is 63.2 Å². The molecule has 0 bridgehead atoms. The molecule has 146 valence electrons. The highest BCUT2D eigenvalue weighted by Crippen LogP contribution is 2.32. The molecule has 4 rings (SSSR count).